The monoisotopic (exact) mass is 513 g/mol. The molecule has 2 saturated heterocycles. The van der Waals surface area contributed by atoms with Gasteiger partial charge in [-0.05, 0) is 30.7 Å². The summed E-state index contributed by atoms with van der Waals surface area (Å²) < 4.78 is 24.3. The number of benzene rings is 1. The van der Waals surface area contributed by atoms with Gasteiger partial charge in [0.2, 0.25) is 11.7 Å². The molecule has 3 atom stereocenters. The van der Waals surface area contributed by atoms with Crippen LogP contribution in [0.3, 0.4) is 0 Å². The summed E-state index contributed by atoms with van der Waals surface area (Å²) >= 11 is 1.38. The number of piperazine rings is 1. The highest BCUT2D eigenvalue weighted by molar-refractivity contribution is 7.16. The number of carbonyl (C=O) groups is 2. The van der Waals surface area contributed by atoms with Crippen LogP contribution in [-0.4, -0.2) is 70.3 Å². The first-order valence-corrected chi connectivity index (χ1v) is 12.5. The molecule has 0 aliphatic carbocycles. The van der Waals surface area contributed by atoms with Gasteiger partial charge in [0, 0.05) is 38.6 Å². The van der Waals surface area contributed by atoms with Crippen molar-refractivity contribution in [3.8, 4) is 11.4 Å². The number of hydrogen-bond donors (Lipinski definition) is 2. The van der Waals surface area contributed by atoms with Gasteiger partial charge < -0.3 is 24.4 Å². The first kappa shape index (κ1) is 22.9. The fourth-order valence-corrected chi connectivity index (χ4v) is 6.02. The Morgan fingerprint density at radius 2 is 2.03 bits per heavy atom. The Hall–Kier alpha value is -3.58. The van der Waals surface area contributed by atoms with Crippen molar-refractivity contribution in [3.63, 3.8) is 0 Å². The summed E-state index contributed by atoms with van der Waals surface area (Å²) in [6.45, 7) is 3.62. The van der Waals surface area contributed by atoms with Gasteiger partial charge in [0.25, 0.3) is 0 Å². The van der Waals surface area contributed by atoms with E-state index >= 15 is 0 Å². The molecule has 13 heteroatoms. The Kier molecular flexibility index (Phi) is 5.80. The highest BCUT2D eigenvalue weighted by atomic mass is 32.1. The third kappa shape index (κ3) is 4.28. The molecule has 3 amide bonds. The lowest BCUT2D eigenvalue weighted by Gasteiger charge is -2.48. The van der Waals surface area contributed by atoms with Crippen LogP contribution in [0.25, 0.3) is 11.4 Å². The third-order valence-corrected chi connectivity index (χ3v) is 7.80. The van der Waals surface area contributed by atoms with Gasteiger partial charge in [-0.15, -0.1) is 0 Å². The van der Waals surface area contributed by atoms with Crippen molar-refractivity contribution in [2.24, 2.45) is 0 Å². The zero-order chi connectivity index (χ0) is 24.8. The van der Waals surface area contributed by atoms with Gasteiger partial charge in [-0.1, -0.05) is 16.5 Å². The van der Waals surface area contributed by atoms with Crippen molar-refractivity contribution >= 4 is 34.4 Å². The second kappa shape index (κ2) is 9.13. The van der Waals surface area contributed by atoms with E-state index < -0.39 is 0 Å². The first-order valence-electron chi connectivity index (χ1n) is 11.7. The normalized spacial score (nSPS) is 22.9. The number of aromatic nitrogens is 3. The molecule has 2 aromatic heterocycles. The number of halogens is 1. The van der Waals surface area contributed by atoms with E-state index in [1.165, 1.54) is 23.5 Å². The summed E-state index contributed by atoms with van der Waals surface area (Å²) in [7, 11) is 0. The fourth-order valence-electron chi connectivity index (χ4n) is 4.94. The summed E-state index contributed by atoms with van der Waals surface area (Å²) in [5, 5.41) is 10.3. The average Bonchev–Trinajstić information content (AvgIpc) is 3.60. The zero-order valence-electron chi connectivity index (χ0n) is 19.4. The third-order valence-electron chi connectivity index (χ3n) is 6.68. The Bertz CT molecular complexity index is 1290. The quantitative estimate of drug-likeness (QED) is 0.545. The Balaban J connectivity index is 1.27. The molecular formula is C23H24FN7O4S. The van der Waals surface area contributed by atoms with E-state index in [4.69, 9.17) is 9.26 Å². The van der Waals surface area contributed by atoms with Crippen LogP contribution < -0.4 is 15.5 Å². The van der Waals surface area contributed by atoms with Gasteiger partial charge in [-0.3, -0.25) is 10.1 Å². The van der Waals surface area contributed by atoms with Gasteiger partial charge in [-0.25, -0.2) is 14.2 Å². The van der Waals surface area contributed by atoms with Gasteiger partial charge in [0.1, 0.15) is 5.82 Å². The lowest BCUT2D eigenvalue weighted by molar-refractivity contribution is -0.130. The molecule has 5 heterocycles. The highest BCUT2D eigenvalue weighted by Crippen LogP contribution is 2.44. The van der Waals surface area contributed by atoms with Gasteiger partial charge in [0.15, 0.2) is 5.13 Å². The maximum atomic E-state index is 13.3. The minimum atomic E-state index is -0.343. The number of anilines is 2. The lowest BCUT2D eigenvalue weighted by Crippen LogP contribution is -2.59. The number of hydrogen-bond acceptors (Lipinski definition) is 9. The molecule has 6 rings (SSSR count). The minimum absolute atomic E-state index is 0.00773. The molecule has 188 valence electrons. The van der Waals surface area contributed by atoms with Gasteiger partial charge in [-0.2, -0.15) is 4.98 Å². The van der Waals surface area contributed by atoms with Crippen LogP contribution in [0.2, 0.25) is 0 Å². The van der Waals surface area contributed by atoms with E-state index in [-0.39, 0.29) is 35.9 Å². The molecule has 0 saturated carbocycles. The van der Waals surface area contributed by atoms with Crippen LogP contribution >= 0.6 is 11.3 Å². The molecule has 1 aromatic carbocycles. The molecule has 2 unspecified atom stereocenters. The van der Waals surface area contributed by atoms with Crippen molar-refractivity contribution in [2.75, 3.05) is 36.5 Å². The number of urea groups is 1. The number of nitrogens with one attached hydrogen (secondary N) is 2. The van der Waals surface area contributed by atoms with Crippen molar-refractivity contribution in [3.05, 3.63) is 40.7 Å². The molecule has 3 aliphatic rings. The fraction of sp³-hybridized carbons (Fsp3) is 0.435. The highest BCUT2D eigenvalue weighted by Gasteiger charge is 2.45. The van der Waals surface area contributed by atoms with E-state index in [0.717, 1.165) is 17.0 Å². The largest absolute Gasteiger partial charge is 0.379 e. The maximum absolute atomic E-state index is 13.3. The zero-order valence-corrected chi connectivity index (χ0v) is 20.3. The Morgan fingerprint density at radius 3 is 2.78 bits per heavy atom. The van der Waals surface area contributed by atoms with Crippen LogP contribution in [-0.2, 0) is 16.0 Å². The number of thiazole rings is 1. The molecule has 2 fully saturated rings. The smallest absolute Gasteiger partial charge is 0.325 e. The number of ether oxygens (including phenoxy) is 1. The first-order chi connectivity index (χ1) is 17.4. The van der Waals surface area contributed by atoms with E-state index in [1.807, 2.05) is 9.80 Å². The van der Waals surface area contributed by atoms with E-state index in [9.17, 15) is 14.0 Å². The van der Waals surface area contributed by atoms with Crippen molar-refractivity contribution < 1.29 is 23.2 Å². The van der Waals surface area contributed by atoms with Crippen molar-refractivity contribution in [1.29, 1.82) is 0 Å². The summed E-state index contributed by atoms with van der Waals surface area (Å²) in [4.78, 5) is 38.8. The predicted octanol–water partition coefficient (Wildman–Crippen LogP) is 2.58. The molecule has 0 radical (unpaired) electrons. The average molecular weight is 514 g/mol. The van der Waals surface area contributed by atoms with Crippen molar-refractivity contribution in [1.82, 2.24) is 25.3 Å². The molecule has 0 spiro atoms. The van der Waals surface area contributed by atoms with Gasteiger partial charge in [0.05, 0.1) is 35.3 Å². The van der Waals surface area contributed by atoms with Crippen LogP contribution in [0.15, 0.2) is 28.8 Å². The summed E-state index contributed by atoms with van der Waals surface area (Å²) in [5.41, 5.74) is 1.54. The summed E-state index contributed by atoms with van der Waals surface area (Å²) in [6.07, 6.45) is 1.34. The lowest BCUT2D eigenvalue weighted by atomic mass is 9.93. The molecular weight excluding hydrogens is 489 g/mol. The standard InChI is InChI=1S/C23H24FN7O4S/c1-12(32)30-9-16-8-17-19(36-22(26-17)28-21(33)25-15-6-7-34-11-15)18(10-30)31(16)23-27-20(29-35-23)13-2-4-14(24)5-3-13/h2-5,15-16,18H,6-11H2,1H3,(H2,25,26,28,33)/t15-,16?,18?/m1/s1. The molecule has 2 bridgehead atoms. The van der Waals surface area contributed by atoms with Crippen LogP contribution in [0, 0.1) is 5.82 Å². The van der Waals surface area contributed by atoms with Crippen LogP contribution in [0.1, 0.15) is 30.0 Å². The Morgan fingerprint density at radius 1 is 1.19 bits per heavy atom. The molecule has 2 N–H and O–H groups in total. The molecule has 36 heavy (non-hydrogen) atoms. The van der Waals surface area contributed by atoms with Crippen molar-refractivity contribution in [2.45, 2.75) is 37.9 Å². The summed E-state index contributed by atoms with van der Waals surface area (Å²) in [6, 6.07) is 5.52. The number of fused-ring (bicyclic) bond motifs is 4. The second-order valence-corrected chi connectivity index (χ2v) is 10.1. The predicted molar refractivity (Wildman–Crippen MR) is 128 cm³/mol. The molecule has 3 aliphatic heterocycles. The second-order valence-electron chi connectivity index (χ2n) is 9.10. The SMILES string of the molecule is CC(=O)N1CC2Cc3nc(NC(=O)N[C@@H]4CCOC4)sc3C(C1)N2c1nc(-c2ccc(F)cc2)no1. The van der Waals surface area contributed by atoms with Gasteiger partial charge >= 0.3 is 12.0 Å². The molecule has 11 nitrogen and oxygen atoms in total. The maximum Gasteiger partial charge on any atom is 0.325 e. The van der Waals surface area contributed by atoms with E-state index in [2.05, 4.69) is 25.8 Å². The van der Waals surface area contributed by atoms with E-state index in [0.29, 0.717) is 55.3 Å². The topological polar surface area (TPSA) is 126 Å². The van der Waals surface area contributed by atoms with Crippen LogP contribution in [0.5, 0.6) is 0 Å². The molecule has 3 aromatic rings. The summed E-state index contributed by atoms with van der Waals surface area (Å²) in [5.74, 6) is 0.00734. The number of carbonyl (C=O) groups excluding carboxylic acids is 2. The number of rotatable bonds is 4. The van der Waals surface area contributed by atoms with E-state index in [1.54, 1.807) is 19.1 Å². The number of nitrogens with zero attached hydrogens (tertiary/aromatic N) is 5. The number of amides is 3. The Labute approximate surface area is 209 Å². The van der Waals surface area contributed by atoms with Crippen LogP contribution in [0.4, 0.5) is 20.3 Å². The minimum Gasteiger partial charge on any atom is -0.379 e.